The molecule has 2 aliphatic rings. The Hall–Kier alpha value is -0.810. The molecule has 0 aromatic carbocycles. The molecule has 1 spiro atoms. The van der Waals surface area contributed by atoms with Gasteiger partial charge in [0, 0.05) is 5.92 Å². The average molecular weight is 177 g/mol. The lowest BCUT2D eigenvalue weighted by Crippen LogP contribution is -2.30. The standard InChI is InChI=1S/C11H15NO/c1-2-3-10(13)9-8-11(9)4-6-12-7-5-11/h1,9,12H,3-8H2. The van der Waals surface area contributed by atoms with Crippen LogP contribution in [0.1, 0.15) is 25.7 Å². The van der Waals surface area contributed by atoms with Crippen molar-refractivity contribution in [1.82, 2.24) is 5.32 Å². The number of carbonyl (C=O) groups is 1. The van der Waals surface area contributed by atoms with Crippen molar-refractivity contribution in [2.24, 2.45) is 11.3 Å². The maximum absolute atomic E-state index is 11.5. The third-order valence-electron chi connectivity index (χ3n) is 3.45. The first kappa shape index (κ1) is 8.77. The van der Waals surface area contributed by atoms with Crippen molar-refractivity contribution in [2.45, 2.75) is 25.7 Å². The van der Waals surface area contributed by atoms with Gasteiger partial charge in [0.1, 0.15) is 5.78 Å². The molecule has 1 unspecified atom stereocenters. The van der Waals surface area contributed by atoms with E-state index in [0.29, 0.717) is 23.5 Å². The summed E-state index contributed by atoms with van der Waals surface area (Å²) in [6.07, 6.45) is 8.88. The van der Waals surface area contributed by atoms with Crippen LogP contribution in [0.3, 0.4) is 0 Å². The molecular formula is C11H15NO. The van der Waals surface area contributed by atoms with Gasteiger partial charge >= 0.3 is 0 Å². The molecule has 1 aliphatic carbocycles. The molecule has 2 rings (SSSR count). The third-order valence-corrected chi connectivity index (χ3v) is 3.45. The summed E-state index contributed by atoms with van der Waals surface area (Å²) in [4.78, 5) is 11.5. The van der Waals surface area contributed by atoms with Crippen LogP contribution in [0.4, 0.5) is 0 Å². The predicted molar refractivity (Wildman–Crippen MR) is 51.1 cm³/mol. The molecule has 1 N–H and O–H groups in total. The van der Waals surface area contributed by atoms with Gasteiger partial charge in [-0.2, -0.15) is 0 Å². The molecule has 70 valence electrons. The van der Waals surface area contributed by atoms with Crippen LogP contribution < -0.4 is 5.32 Å². The predicted octanol–water partition coefficient (Wildman–Crippen LogP) is 0.969. The van der Waals surface area contributed by atoms with Crippen molar-refractivity contribution in [3.8, 4) is 12.3 Å². The van der Waals surface area contributed by atoms with Gasteiger partial charge in [-0.3, -0.25) is 4.79 Å². The molecule has 1 atom stereocenters. The van der Waals surface area contributed by atoms with Gasteiger partial charge in [0.2, 0.25) is 0 Å². The number of Topliss-reactive ketones (excluding diaryl/α,β-unsaturated/α-hetero) is 1. The number of carbonyl (C=O) groups excluding carboxylic acids is 1. The summed E-state index contributed by atoms with van der Waals surface area (Å²) in [6, 6.07) is 0. The number of hydrogen-bond donors (Lipinski definition) is 1. The zero-order valence-electron chi connectivity index (χ0n) is 7.81. The number of hydrogen-bond acceptors (Lipinski definition) is 2. The third kappa shape index (κ3) is 1.49. The Kier molecular flexibility index (Phi) is 2.13. The summed E-state index contributed by atoms with van der Waals surface area (Å²) in [5, 5.41) is 3.32. The van der Waals surface area contributed by atoms with Crippen LogP contribution in [0.2, 0.25) is 0 Å². The SMILES string of the molecule is C#CCC(=O)C1CC12CCNCC2. The van der Waals surface area contributed by atoms with E-state index in [1.54, 1.807) is 0 Å². The number of rotatable bonds is 2. The van der Waals surface area contributed by atoms with E-state index in [1.807, 2.05) is 0 Å². The van der Waals surface area contributed by atoms with Crippen molar-refractivity contribution in [2.75, 3.05) is 13.1 Å². The van der Waals surface area contributed by atoms with E-state index in [1.165, 1.54) is 0 Å². The summed E-state index contributed by atoms with van der Waals surface area (Å²) < 4.78 is 0. The van der Waals surface area contributed by atoms with E-state index in [4.69, 9.17) is 6.42 Å². The van der Waals surface area contributed by atoms with Crippen molar-refractivity contribution in [3.05, 3.63) is 0 Å². The van der Waals surface area contributed by atoms with E-state index in [9.17, 15) is 4.79 Å². The fraction of sp³-hybridized carbons (Fsp3) is 0.727. The molecule has 1 heterocycles. The quantitative estimate of drug-likeness (QED) is 0.637. The average Bonchev–Trinajstić information content (AvgIpc) is 2.81. The molecule has 1 saturated heterocycles. The highest BCUT2D eigenvalue weighted by Crippen LogP contribution is 2.59. The van der Waals surface area contributed by atoms with Gasteiger partial charge in [0.05, 0.1) is 6.42 Å². The zero-order valence-corrected chi connectivity index (χ0v) is 7.81. The smallest absolute Gasteiger partial charge is 0.148 e. The van der Waals surface area contributed by atoms with Crippen LogP contribution in [0.25, 0.3) is 0 Å². The Bertz CT molecular complexity index is 258. The maximum Gasteiger partial charge on any atom is 0.148 e. The van der Waals surface area contributed by atoms with Crippen LogP contribution in [0, 0.1) is 23.7 Å². The van der Waals surface area contributed by atoms with Crippen LogP contribution in [-0.2, 0) is 4.79 Å². The van der Waals surface area contributed by atoms with Crippen LogP contribution in [-0.4, -0.2) is 18.9 Å². The Morgan fingerprint density at radius 2 is 2.23 bits per heavy atom. The van der Waals surface area contributed by atoms with E-state index < -0.39 is 0 Å². The van der Waals surface area contributed by atoms with Crippen molar-refractivity contribution >= 4 is 5.78 Å². The summed E-state index contributed by atoms with van der Waals surface area (Å²) in [5.74, 6) is 3.04. The first-order valence-electron chi connectivity index (χ1n) is 4.95. The summed E-state index contributed by atoms with van der Waals surface area (Å²) in [6.45, 7) is 2.14. The second-order valence-electron chi connectivity index (χ2n) is 4.22. The lowest BCUT2D eigenvalue weighted by Gasteiger charge is -2.22. The molecule has 0 bridgehead atoms. The number of terminal acetylenes is 1. The second kappa shape index (κ2) is 3.16. The van der Waals surface area contributed by atoms with Crippen LogP contribution in [0.15, 0.2) is 0 Å². The Labute approximate surface area is 79.1 Å². The fourth-order valence-electron chi connectivity index (χ4n) is 2.50. The van der Waals surface area contributed by atoms with Crippen LogP contribution >= 0.6 is 0 Å². The van der Waals surface area contributed by atoms with Crippen molar-refractivity contribution < 1.29 is 4.79 Å². The maximum atomic E-state index is 11.5. The van der Waals surface area contributed by atoms with Gasteiger partial charge in [0.25, 0.3) is 0 Å². The summed E-state index contributed by atoms with van der Waals surface area (Å²) >= 11 is 0. The number of ketones is 1. The van der Waals surface area contributed by atoms with Gasteiger partial charge in [-0.15, -0.1) is 6.42 Å². The van der Waals surface area contributed by atoms with Crippen molar-refractivity contribution in [1.29, 1.82) is 0 Å². The second-order valence-corrected chi connectivity index (χ2v) is 4.22. The molecule has 13 heavy (non-hydrogen) atoms. The Balaban J connectivity index is 1.93. The minimum atomic E-state index is 0.296. The molecule has 2 heteroatoms. The molecule has 1 aliphatic heterocycles. The van der Waals surface area contributed by atoms with Gasteiger partial charge in [0.15, 0.2) is 0 Å². The topological polar surface area (TPSA) is 29.1 Å². The first-order chi connectivity index (χ1) is 6.28. The lowest BCUT2D eigenvalue weighted by atomic mass is 9.90. The molecule has 0 aromatic heterocycles. The molecule has 0 amide bonds. The zero-order chi connectivity index (χ0) is 9.31. The molecule has 0 radical (unpaired) electrons. The minimum Gasteiger partial charge on any atom is -0.317 e. The van der Waals surface area contributed by atoms with Crippen molar-refractivity contribution in [3.63, 3.8) is 0 Å². The first-order valence-corrected chi connectivity index (χ1v) is 4.95. The highest BCUT2D eigenvalue weighted by atomic mass is 16.1. The number of piperidine rings is 1. The van der Waals surface area contributed by atoms with Crippen LogP contribution in [0.5, 0.6) is 0 Å². The van der Waals surface area contributed by atoms with E-state index in [-0.39, 0.29) is 0 Å². The monoisotopic (exact) mass is 177 g/mol. The van der Waals surface area contributed by atoms with Gasteiger partial charge in [-0.05, 0) is 37.8 Å². The highest BCUT2D eigenvalue weighted by Gasteiger charge is 2.56. The minimum absolute atomic E-state index is 0.296. The highest BCUT2D eigenvalue weighted by molar-refractivity contribution is 5.86. The normalized spacial score (nSPS) is 29.6. The molecule has 0 aromatic rings. The molecule has 1 saturated carbocycles. The Morgan fingerprint density at radius 1 is 1.54 bits per heavy atom. The summed E-state index contributed by atoms with van der Waals surface area (Å²) in [7, 11) is 0. The van der Waals surface area contributed by atoms with Gasteiger partial charge in [-0.1, -0.05) is 5.92 Å². The lowest BCUT2D eigenvalue weighted by molar-refractivity contribution is -0.120. The van der Waals surface area contributed by atoms with E-state index in [2.05, 4.69) is 11.2 Å². The summed E-state index contributed by atoms with van der Waals surface area (Å²) in [5.41, 5.74) is 0.360. The van der Waals surface area contributed by atoms with Gasteiger partial charge < -0.3 is 5.32 Å². The van der Waals surface area contributed by atoms with Gasteiger partial charge in [-0.25, -0.2) is 0 Å². The molecule has 2 nitrogen and oxygen atoms in total. The van der Waals surface area contributed by atoms with E-state index >= 15 is 0 Å². The van der Waals surface area contributed by atoms with E-state index in [0.717, 1.165) is 32.4 Å². The molecular weight excluding hydrogens is 162 g/mol. The Morgan fingerprint density at radius 3 is 2.85 bits per heavy atom. The fourth-order valence-corrected chi connectivity index (χ4v) is 2.50. The largest absolute Gasteiger partial charge is 0.317 e. The molecule has 2 fully saturated rings. The number of nitrogens with one attached hydrogen (secondary N) is 1.